The molecule has 0 amide bonds. The Hall–Kier alpha value is -1.28. The molecule has 0 atom stereocenters. The van der Waals surface area contributed by atoms with Gasteiger partial charge in [-0.2, -0.15) is 0 Å². The predicted octanol–water partition coefficient (Wildman–Crippen LogP) is 3.47. The van der Waals surface area contributed by atoms with Gasteiger partial charge < -0.3 is 4.42 Å². The first-order valence-corrected chi connectivity index (χ1v) is 5.26. The molecule has 0 unspecified atom stereocenters. The van der Waals surface area contributed by atoms with Crippen LogP contribution < -0.4 is 0 Å². The smallest absolute Gasteiger partial charge is 0.212 e. The number of ketones is 1. The van der Waals surface area contributed by atoms with E-state index in [0.717, 1.165) is 22.1 Å². The molecule has 2 aromatic rings. The Labute approximate surface area is 92.8 Å². The van der Waals surface area contributed by atoms with E-state index in [0.29, 0.717) is 5.76 Å². The summed E-state index contributed by atoms with van der Waals surface area (Å²) in [5.41, 5.74) is 2.77. The maximum absolute atomic E-state index is 11.5. The number of aryl methyl sites for hydroxylation is 2. The first kappa shape index (κ1) is 10.2. The van der Waals surface area contributed by atoms with Crippen LogP contribution in [-0.2, 0) is 0 Å². The fourth-order valence-corrected chi connectivity index (χ4v) is 1.78. The first-order chi connectivity index (χ1) is 7.13. The number of fused-ring (bicyclic) bond motifs is 1. The van der Waals surface area contributed by atoms with Gasteiger partial charge in [-0.1, -0.05) is 11.6 Å². The first-order valence-electron chi connectivity index (χ1n) is 4.72. The highest BCUT2D eigenvalue weighted by Crippen LogP contribution is 2.26. The number of halogens is 1. The van der Waals surface area contributed by atoms with Crippen LogP contribution in [-0.4, -0.2) is 11.7 Å². The summed E-state index contributed by atoms with van der Waals surface area (Å²) in [4.78, 5) is 11.5. The Morgan fingerprint density at radius 3 is 2.80 bits per heavy atom. The molecule has 3 heteroatoms. The van der Waals surface area contributed by atoms with Crippen LogP contribution in [0.15, 0.2) is 22.6 Å². The second-order valence-corrected chi connectivity index (χ2v) is 3.88. The molecule has 2 nitrogen and oxygen atoms in total. The van der Waals surface area contributed by atoms with E-state index in [2.05, 4.69) is 0 Å². The van der Waals surface area contributed by atoms with Gasteiger partial charge in [0.2, 0.25) is 5.78 Å². The molecular weight excluding hydrogens is 212 g/mol. The molecule has 0 fully saturated rings. The Morgan fingerprint density at radius 2 is 2.13 bits per heavy atom. The molecule has 1 aromatic heterocycles. The molecule has 15 heavy (non-hydrogen) atoms. The van der Waals surface area contributed by atoms with E-state index in [4.69, 9.17) is 16.0 Å². The summed E-state index contributed by atoms with van der Waals surface area (Å²) >= 11 is 5.51. The largest absolute Gasteiger partial charge is 0.453 e. The van der Waals surface area contributed by atoms with Crippen LogP contribution in [0, 0.1) is 13.8 Å². The number of hydrogen-bond acceptors (Lipinski definition) is 2. The normalized spacial score (nSPS) is 10.9. The number of alkyl halides is 1. The maximum atomic E-state index is 11.5. The number of hydrogen-bond donors (Lipinski definition) is 0. The van der Waals surface area contributed by atoms with Crippen LogP contribution >= 0.6 is 11.6 Å². The fraction of sp³-hybridized carbons (Fsp3) is 0.250. The zero-order chi connectivity index (χ0) is 11.0. The summed E-state index contributed by atoms with van der Waals surface area (Å²) in [5, 5.41) is 0.989. The zero-order valence-electron chi connectivity index (χ0n) is 8.63. The van der Waals surface area contributed by atoms with Gasteiger partial charge >= 0.3 is 0 Å². The van der Waals surface area contributed by atoms with E-state index >= 15 is 0 Å². The lowest BCUT2D eigenvalue weighted by Gasteiger charge is -1.92. The molecule has 78 valence electrons. The maximum Gasteiger partial charge on any atom is 0.212 e. The molecule has 0 bridgehead atoms. The van der Waals surface area contributed by atoms with Crippen molar-refractivity contribution < 1.29 is 9.21 Å². The van der Waals surface area contributed by atoms with E-state index in [1.165, 1.54) is 0 Å². The van der Waals surface area contributed by atoms with Crippen molar-refractivity contribution in [2.45, 2.75) is 13.8 Å². The topological polar surface area (TPSA) is 30.2 Å². The van der Waals surface area contributed by atoms with Gasteiger partial charge in [0, 0.05) is 10.9 Å². The summed E-state index contributed by atoms with van der Waals surface area (Å²) in [6.45, 7) is 3.89. The summed E-state index contributed by atoms with van der Waals surface area (Å²) in [6, 6.07) is 5.85. The Bertz CT molecular complexity index is 526. The average Bonchev–Trinajstić information content (AvgIpc) is 2.55. The van der Waals surface area contributed by atoms with Gasteiger partial charge in [-0.25, -0.2) is 0 Å². The highest BCUT2D eigenvalue weighted by atomic mass is 35.5. The van der Waals surface area contributed by atoms with Crippen molar-refractivity contribution in [3.05, 3.63) is 35.1 Å². The Balaban J connectivity index is 2.69. The van der Waals surface area contributed by atoms with Crippen molar-refractivity contribution >= 4 is 28.4 Å². The standard InChI is InChI=1S/C12H11ClO2/c1-7-3-4-11-9(5-7)8(2)12(15-11)10(14)6-13/h3-5H,6H2,1-2H3. The minimum Gasteiger partial charge on any atom is -0.453 e. The van der Waals surface area contributed by atoms with E-state index in [-0.39, 0.29) is 11.7 Å². The third kappa shape index (κ3) is 1.65. The molecule has 0 radical (unpaired) electrons. The third-order valence-electron chi connectivity index (χ3n) is 2.47. The molecule has 0 saturated carbocycles. The third-order valence-corrected chi connectivity index (χ3v) is 2.71. The van der Waals surface area contributed by atoms with Crippen molar-refractivity contribution in [1.29, 1.82) is 0 Å². The van der Waals surface area contributed by atoms with Crippen molar-refractivity contribution in [3.63, 3.8) is 0 Å². The lowest BCUT2D eigenvalue weighted by molar-refractivity contribution is 0.0992. The highest BCUT2D eigenvalue weighted by molar-refractivity contribution is 6.30. The van der Waals surface area contributed by atoms with Gasteiger partial charge in [-0.05, 0) is 26.0 Å². The monoisotopic (exact) mass is 222 g/mol. The van der Waals surface area contributed by atoms with Gasteiger partial charge in [-0.3, -0.25) is 4.79 Å². The molecular formula is C12H11ClO2. The Morgan fingerprint density at radius 1 is 1.40 bits per heavy atom. The number of benzene rings is 1. The number of carbonyl (C=O) groups excluding carboxylic acids is 1. The number of Topliss-reactive ketones (excluding diaryl/α,β-unsaturated/α-hetero) is 1. The molecule has 0 N–H and O–H groups in total. The summed E-state index contributed by atoms with van der Waals surface area (Å²) in [7, 11) is 0. The minimum absolute atomic E-state index is 0.0420. The van der Waals surface area contributed by atoms with Crippen LogP contribution in [0.1, 0.15) is 21.7 Å². The average molecular weight is 223 g/mol. The lowest BCUT2D eigenvalue weighted by atomic mass is 10.1. The van der Waals surface area contributed by atoms with E-state index in [1.807, 2.05) is 32.0 Å². The molecule has 1 aromatic carbocycles. The quantitative estimate of drug-likeness (QED) is 0.575. The summed E-state index contributed by atoms with van der Waals surface area (Å²) < 4.78 is 5.47. The van der Waals surface area contributed by atoms with Gasteiger partial charge in [0.15, 0.2) is 5.76 Å². The zero-order valence-corrected chi connectivity index (χ0v) is 9.39. The van der Waals surface area contributed by atoms with Crippen LogP contribution in [0.3, 0.4) is 0 Å². The molecule has 0 aliphatic rings. The second-order valence-electron chi connectivity index (χ2n) is 3.61. The van der Waals surface area contributed by atoms with Gasteiger partial charge in [0.1, 0.15) is 5.58 Å². The molecule has 0 saturated heterocycles. The minimum atomic E-state index is -0.164. The number of carbonyl (C=O) groups is 1. The second kappa shape index (κ2) is 3.70. The van der Waals surface area contributed by atoms with Crippen LogP contribution in [0.25, 0.3) is 11.0 Å². The van der Waals surface area contributed by atoms with E-state index in [9.17, 15) is 4.79 Å². The molecule has 0 aliphatic heterocycles. The SMILES string of the molecule is Cc1ccc2oc(C(=O)CCl)c(C)c2c1. The lowest BCUT2D eigenvalue weighted by Crippen LogP contribution is -1.99. The van der Waals surface area contributed by atoms with Gasteiger partial charge in [-0.15, -0.1) is 11.6 Å². The fourth-order valence-electron chi connectivity index (χ4n) is 1.66. The summed E-state index contributed by atoms with van der Waals surface area (Å²) in [6.07, 6.45) is 0. The number of rotatable bonds is 2. The van der Waals surface area contributed by atoms with Crippen LogP contribution in [0.2, 0.25) is 0 Å². The highest BCUT2D eigenvalue weighted by Gasteiger charge is 2.16. The molecule has 0 spiro atoms. The van der Waals surface area contributed by atoms with Gasteiger partial charge in [0.25, 0.3) is 0 Å². The Kier molecular flexibility index (Phi) is 2.53. The molecule has 1 heterocycles. The molecule has 0 aliphatic carbocycles. The van der Waals surface area contributed by atoms with E-state index in [1.54, 1.807) is 0 Å². The summed E-state index contributed by atoms with van der Waals surface area (Å²) in [5.74, 6) is 0.174. The molecule has 2 rings (SSSR count). The van der Waals surface area contributed by atoms with E-state index < -0.39 is 0 Å². The van der Waals surface area contributed by atoms with Crippen molar-refractivity contribution in [2.24, 2.45) is 0 Å². The van der Waals surface area contributed by atoms with Crippen molar-refractivity contribution in [3.8, 4) is 0 Å². The predicted molar refractivity (Wildman–Crippen MR) is 60.7 cm³/mol. The van der Waals surface area contributed by atoms with Crippen molar-refractivity contribution in [1.82, 2.24) is 0 Å². The van der Waals surface area contributed by atoms with Crippen molar-refractivity contribution in [2.75, 3.05) is 5.88 Å². The number of furan rings is 1. The van der Waals surface area contributed by atoms with Crippen LogP contribution in [0.5, 0.6) is 0 Å². The van der Waals surface area contributed by atoms with Crippen LogP contribution in [0.4, 0.5) is 0 Å². The van der Waals surface area contributed by atoms with Gasteiger partial charge in [0.05, 0.1) is 5.88 Å².